The molecule has 2 aliphatic carbocycles. The van der Waals surface area contributed by atoms with Crippen molar-refractivity contribution < 1.29 is 0 Å². The van der Waals surface area contributed by atoms with Crippen LogP contribution in [0.4, 0.5) is 0 Å². The van der Waals surface area contributed by atoms with Crippen molar-refractivity contribution in [2.75, 3.05) is 0 Å². The van der Waals surface area contributed by atoms with Crippen molar-refractivity contribution in [3.8, 4) is 0 Å². The van der Waals surface area contributed by atoms with Gasteiger partial charge >= 0.3 is 0 Å². The van der Waals surface area contributed by atoms with Crippen molar-refractivity contribution in [2.24, 2.45) is 10.8 Å². The molecule has 0 nitrogen and oxygen atoms in total. The highest BCUT2D eigenvalue weighted by Crippen LogP contribution is 2.38. The minimum Gasteiger partial charge on any atom is -0.0744 e. The van der Waals surface area contributed by atoms with E-state index in [1.807, 2.05) is 0 Å². The van der Waals surface area contributed by atoms with Gasteiger partial charge in [0.1, 0.15) is 0 Å². The molecule has 0 heteroatoms. The molecule has 0 saturated heterocycles. The van der Waals surface area contributed by atoms with Gasteiger partial charge in [-0.3, -0.25) is 0 Å². The van der Waals surface area contributed by atoms with E-state index in [4.69, 9.17) is 0 Å². The Hall–Kier alpha value is -2.86. The summed E-state index contributed by atoms with van der Waals surface area (Å²) in [5.41, 5.74) is 2.77. The van der Waals surface area contributed by atoms with E-state index in [2.05, 4.69) is 101 Å². The summed E-state index contributed by atoms with van der Waals surface area (Å²) >= 11 is 0. The lowest BCUT2D eigenvalue weighted by Gasteiger charge is -2.16. The van der Waals surface area contributed by atoms with Gasteiger partial charge in [0.2, 0.25) is 0 Å². The van der Waals surface area contributed by atoms with E-state index < -0.39 is 0 Å². The molecule has 0 fully saturated rings. The first-order valence-corrected chi connectivity index (χ1v) is 10.2. The molecule has 0 spiro atoms. The Morgan fingerprint density at radius 1 is 0.536 bits per heavy atom. The maximum atomic E-state index is 2.43. The van der Waals surface area contributed by atoms with Crippen LogP contribution in [0.2, 0.25) is 0 Å². The first kappa shape index (κ1) is 16.1. The van der Waals surface area contributed by atoms with Gasteiger partial charge in [-0.1, -0.05) is 88.4 Å². The molecule has 2 aliphatic rings. The zero-order chi connectivity index (χ0) is 19.3. The molecule has 6 rings (SSSR count). The molecule has 0 atom stereocenters. The maximum absolute atomic E-state index is 2.43. The summed E-state index contributed by atoms with van der Waals surface area (Å²) in [7, 11) is 0. The third-order valence-corrected chi connectivity index (χ3v) is 6.43. The van der Waals surface area contributed by atoms with Crippen LogP contribution in [0.1, 0.15) is 38.8 Å². The fourth-order valence-corrected chi connectivity index (χ4v) is 5.16. The van der Waals surface area contributed by atoms with Gasteiger partial charge in [-0.25, -0.2) is 0 Å². The summed E-state index contributed by atoms with van der Waals surface area (Å²) in [5.74, 6) is 0. The average Bonchev–Trinajstić information content (AvgIpc) is 2.85. The molecule has 0 aromatic heterocycles. The highest BCUT2D eigenvalue weighted by molar-refractivity contribution is 6.26. The van der Waals surface area contributed by atoms with Crippen molar-refractivity contribution in [3.05, 3.63) is 70.1 Å². The van der Waals surface area contributed by atoms with Crippen LogP contribution in [0, 0.1) is 10.8 Å². The molecule has 0 radical (unpaired) electrons. The van der Waals surface area contributed by atoms with Gasteiger partial charge in [-0.15, -0.1) is 0 Å². The van der Waals surface area contributed by atoms with Crippen LogP contribution < -0.4 is 10.4 Å². The normalized spacial score (nSPS) is 18.9. The molecule has 4 aromatic carbocycles. The van der Waals surface area contributed by atoms with E-state index >= 15 is 0 Å². The summed E-state index contributed by atoms with van der Waals surface area (Å²) < 4.78 is 0. The van der Waals surface area contributed by atoms with Crippen LogP contribution >= 0.6 is 0 Å². The number of hydrogen-bond acceptors (Lipinski definition) is 0. The molecule has 0 N–H and O–H groups in total. The molecule has 0 aliphatic heterocycles. The highest BCUT2D eigenvalue weighted by Gasteiger charge is 2.21. The Kier molecular flexibility index (Phi) is 2.85. The van der Waals surface area contributed by atoms with Crippen molar-refractivity contribution in [3.63, 3.8) is 0 Å². The maximum Gasteiger partial charge on any atom is 0.00169 e. The lowest BCUT2D eigenvalue weighted by Crippen LogP contribution is -2.14. The number of allylic oxidation sites excluding steroid dienone is 2. The topological polar surface area (TPSA) is 0 Å². The van der Waals surface area contributed by atoms with E-state index in [1.54, 1.807) is 0 Å². The average molecular weight is 361 g/mol. The minimum absolute atomic E-state index is 0.0527. The number of benzene rings is 4. The van der Waals surface area contributed by atoms with Gasteiger partial charge in [-0.2, -0.15) is 0 Å². The van der Waals surface area contributed by atoms with Gasteiger partial charge in [0.15, 0.2) is 0 Å². The first-order chi connectivity index (χ1) is 13.3. The summed E-state index contributed by atoms with van der Waals surface area (Å²) in [6.07, 6.45) is 14.1. The Bertz CT molecular complexity index is 1370. The molecule has 136 valence electrons. The third-order valence-electron chi connectivity index (χ3n) is 6.43. The summed E-state index contributed by atoms with van der Waals surface area (Å²) in [6.45, 7) is 9.15. The van der Waals surface area contributed by atoms with E-state index in [1.165, 1.54) is 53.9 Å². The van der Waals surface area contributed by atoms with Gasteiger partial charge < -0.3 is 0 Å². The van der Waals surface area contributed by atoms with Crippen LogP contribution in [-0.2, 0) is 0 Å². The summed E-state index contributed by atoms with van der Waals surface area (Å²) in [4.78, 5) is 0. The molecule has 0 unspecified atom stereocenters. The summed E-state index contributed by atoms with van der Waals surface area (Å²) in [6, 6.07) is 14.0. The van der Waals surface area contributed by atoms with Crippen LogP contribution in [0.25, 0.3) is 56.6 Å². The molecule has 0 saturated carbocycles. The standard InChI is InChI=1S/C28H24/c1-27(2)11-9-17-5-7-20-14-22-16-28(3,4)12-10-18-6-8-19-13-21(15-27)23(17)25(20)26(19)24(18)22/h5-16H,1-4H3. The second-order valence-electron chi connectivity index (χ2n) is 9.79. The molecule has 0 heterocycles. The quantitative estimate of drug-likeness (QED) is 0.325. The van der Waals surface area contributed by atoms with Crippen molar-refractivity contribution in [1.29, 1.82) is 0 Å². The number of hydrogen-bond donors (Lipinski definition) is 0. The predicted molar refractivity (Wildman–Crippen MR) is 124 cm³/mol. The third kappa shape index (κ3) is 2.12. The van der Waals surface area contributed by atoms with Crippen molar-refractivity contribution in [1.82, 2.24) is 0 Å². The molecule has 4 aromatic rings. The van der Waals surface area contributed by atoms with E-state index in [-0.39, 0.29) is 10.8 Å². The molecule has 0 amide bonds. The zero-order valence-electron chi connectivity index (χ0n) is 16.9. The smallest absolute Gasteiger partial charge is 0.00169 e. The monoisotopic (exact) mass is 360 g/mol. The van der Waals surface area contributed by atoms with Crippen molar-refractivity contribution >= 4 is 56.6 Å². The van der Waals surface area contributed by atoms with E-state index in [0.29, 0.717) is 0 Å². The van der Waals surface area contributed by atoms with Crippen LogP contribution in [-0.4, -0.2) is 0 Å². The second-order valence-corrected chi connectivity index (χ2v) is 9.79. The second kappa shape index (κ2) is 4.94. The molecular weight excluding hydrogens is 336 g/mol. The van der Waals surface area contributed by atoms with Crippen molar-refractivity contribution in [2.45, 2.75) is 27.7 Å². The van der Waals surface area contributed by atoms with Gasteiger partial charge in [-0.05, 0) is 66.0 Å². The molecule has 0 bridgehead atoms. The fraction of sp³-hybridized carbons (Fsp3) is 0.214. The minimum atomic E-state index is 0.0527. The Morgan fingerprint density at radius 2 is 0.964 bits per heavy atom. The Balaban J connectivity index is 1.97. The Morgan fingerprint density at radius 3 is 1.39 bits per heavy atom. The van der Waals surface area contributed by atoms with Crippen LogP contribution in [0.5, 0.6) is 0 Å². The predicted octanol–water partition coefficient (Wildman–Crippen LogP) is 6.25. The highest BCUT2D eigenvalue weighted by atomic mass is 14.2. The SMILES string of the molecule is CC1(C)C=Cc2ccc3cc4c5c(ccc6cc(c2c3c65)=C1)C=CC(C)(C)C=4. The van der Waals surface area contributed by atoms with Crippen LogP contribution in [0.15, 0.2) is 48.6 Å². The van der Waals surface area contributed by atoms with Gasteiger partial charge in [0, 0.05) is 10.8 Å². The molecule has 28 heavy (non-hydrogen) atoms. The van der Waals surface area contributed by atoms with E-state index in [0.717, 1.165) is 0 Å². The van der Waals surface area contributed by atoms with Gasteiger partial charge in [0.05, 0.1) is 0 Å². The lowest BCUT2D eigenvalue weighted by molar-refractivity contribution is 0.674. The lowest BCUT2D eigenvalue weighted by atomic mass is 9.87. The zero-order valence-corrected chi connectivity index (χ0v) is 16.9. The Labute approximate surface area is 165 Å². The first-order valence-electron chi connectivity index (χ1n) is 10.2. The molecular formula is C28H24. The summed E-state index contributed by atoms with van der Waals surface area (Å²) in [5, 5.41) is 11.1. The largest absolute Gasteiger partial charge is 0.0744 e. The number of rotatable bonds is 0. The fourth-order valence-electron chi connectivity index (χ4n) is 5.16. The van der Waals surface area contributed by atoms with Gasteiger partial charge in [0.25, 0.3) is 0 Å². The van der Waals surface area contributed by atoms with Crippen LogP contribution in [0.3, 0.4) is 0 Å². The van der Waals surface area contributed by atoms with E-state index in [9.17, 15) is 0 Å².